The second-order valence-electron chi connectivity index (χ2n) is 3.55. The van der Waals surface area contributed by atoms with Crippen LogP contribution in [0.15, 0.2) is 0 Å². The summed E-state index contributed by atoms with van der Waals surface area (Å²) >= 11 is 0. The van der Waals surface area contributed by atoms with Crippen LogP contribution in [0.5, 0.6) is 0 Å². The Hall–Kier alpha value is -0.0400. The number of ether oxygens (including phenoxy) is 1. The predicted molar refractivity (Wildman–Crippen MR) is 43.0 cm³/mol. The molecule has 1 fully saturated rings. The summed E-state index contributed by atoms with van der Waals surface area (Å²) in [5.74, 6) is 0.869. The van der Waals surface area contributed by atoms with Crippen LogP contribution < -0.4 is 0 Å². The Bertz CT molecular complexity index is 90.9. The molecule has 1 aliphatic heterocycles. The third-order valence-corrected chi connectivity index (χ3v) is 2.28. The third-order valence-electron chi connectivity index (χ3n) is 2.28. The van der Waals surface area contributed by atoms with Crippen molar-refractivity contribution in [2.24, 2.45) is 5.92 Å². The Balaban J connectivity index is 2.35. The second-order valence-corrected chi connectivity index (χ2v) is 3.55. The number of hydrogen-bond donors (Lipinski definition) is 0. The molecule has 1 heteroatoms. The summed E-state index contributed by atoms with van der Waals surface area (Å²) in [7, 11) is 0. The quantitative estimate of drug-likeness (QED) is 0.547. The molecule has 0 aromatic heterocycles. The van der Waals surface area contributed by atoms with E-state index in [1.54, 1.807) is 0 Å². The van der Waals surface area contributed by atoms with Crippen molar-refractivity contribution in [3.63, 3.8) is 0 Å². The zero-order valence-electron chi connectivity index (χ0n) is 7.26. The number of rotatable bonds is 1. The minimum atomic E-state index is 0.494. The van der Waals surface area contributed by atoms with E-state index < -0.39 is 0 Å². The molecular weight excluding hydrogens is 124 g/mol. The Morgan fingerprint density at radius 3 is 2.50 bits per heavy atom. The highest BCUT2D eigenvalue weighted by Crippen LogP contribution is 2.25. The van der Waals surface area contributed by atoms with Gasteiger partial charge in [-0.1, -0.05) is 13.8 Å². The van der Waals surface area contributed by atoms with Crippen molar-refractivity contribution in [3.05, 3.63) is 0 Å². The van der Waals surface area contributed by atoms with Crippen LogP contribution in [0.2, 0.25) is 0 Å². The Labute approximate surface area is 63.8 Å². The van der Waals surface area contributed by atoms with Crippen molar-refractivity contribution in [3.8, 4) is 0 Å². The van der Waals surface area contributed by atoms with Gasteiger partial charge >= 0.3 is 0 Å². The molecule has 0 saturated carbocycles. The summed E-state index contributed by atoms with van der Waals surface area (Å²) in [4.78, 5) is 0. The Kier molecular flexibility index (Phi) is 2.72. The standard InChI is InChI=1S/C9H18O/c1-4-9-6-7(2)5-8(3)10-9/h7-9H,4-6H2,1-3H3/t7?,8-,9+/m1/s1. The molecule has 0 radical (unpaired) electrons. The van der Waals surface area contributed by atoms with Crippen molar-refractivity contribution >= 4 is 0 Å². The van der Waals surface area contributed by atoms with Crippen LogP contribution in [0.1, 0.15) is 40.0 Å². The maximum absolute atomic E-state index is 5.71. The maximum atomic E-state index is 5.71. The molecule has 0 aliphatic carbocycles. The topological polar surface area (TPSA) is 9.23 Å². The summed E-state index contributed by atoms with van der Waals surface area (Å²) in [5.41, 5.74) is 0. The molecular formula is C9H18O. The van der Waals surface area contributed by atoms with Gasteiger partial charge in [0.05, 0.1) is 12.2 Å². The highest BCUT2D eigenvalue weighted by molar-refractivity contribution is 4.71. The smallest absolute Gasteiger partial charge is 0.0578 e. The van der Waals surface area contributed by atoms with Crippen LogP contribution in [0.25, 0.3) is 0 Å². The molecule has 1 rings (SSSR count). The molecule has 0 spiro atoms. The lowest BCUT2D eigenvalue weighted by atomic mass is 9.93. The van der Waals surface area contributed by atoms with Crippen LogP contribution in [0, 0.1) is 5.92 Å². The summed E-state index contributed by atoms with van der Waals surface area (Å²) in [6.07, 6.45) is 4.72. The van der Waals surface area contributed by atoms with Gasteiger partial charge in [-0.25, -0.2) is 0 Å². The van der Waals surface area contributed by atoms with Gasteiger partial charge in [0, 0.05) is 0 Å². The molecule has 0 aromatic rings. The zero-order chi connectivity index (χ0) is 7.56. The first kappa shape index (κ1) is 8.06. The van der Waals surface area contributed by atoms with Gasteiger partial charge in [0.25, 0.3) is 0 Å². The average molecular weight is 142 g/mol. The highest BCUT2D eigenvalue weighted by Gasteiger charge is 2.22. The highest BCUT2D eigenvalue weighted by atomic mass is 16.5. The van der Waals surface area contributed by atoms with E-state index >= 15 is 0 Å². The van der Waals surface area contributed by atoms with Crippen LogP contribution in [0.3, 0.4) is 0 Å². The van der Waals surface area contributed by atoms with Crippen LogP contribution >= 0.6 is 0 Å². The minimum absolute atomic E-state index is 0.494. The van der Waals surface area contributed by atoms with Crippen molar-refractivity contribution in [2.45, 2.75) is 52.2 Å². The van der Waals surface area contributed by atoms with Gasteiger partial charge < -0.3 is 4.74 Å². The van der Waals surface area contributed by atoms with Gasteiger partial charge in [-0.2, -0.15) is 0 Å². The molecule has 0 amide bonds. The van der Waals surface area contributed by atoms with Crippen LogP contribution in [-0.4, -0.2) is 12.2 Å². The van der Waals surface area contributed by atoms with Gasteiger partial charge in [-0.15, -0.1) is 0 Å². The molecule has 3 atom stereocenters. The fourth-order valence-electron chi connectivity index (χ4n) is 1.81. The summed E-state index contributed by atoms with van der Waals surface area (Å²) < 4.78 is 5.71. The molecule has 1 unspecified atom stereocenters. The van der Waals surface area contributed by atoms with Crippen LogP contribution in [-0.2, 0) is 4.74 Å². The average Bonchev–Trinajstić information content (AvgIpc) is 1.85. The molecule has 1 nitrogen and oxygen atoms in total. The first-order valence-corrected chi connectivity index (χ1v) is 4.37. The number of hydrogen-bond acceptors (Lipinski definition) is 1. The minimum Gasteiger partial charge on any atom is -0.375 e. The first-order valence-electron chi connectivity index (χ1n) is 4.37. The maximum Gasteiger partial charge on any atom is 0.0578 e. The van der Waals surface area contributed by atoms with Crippen molar-refractivity contribution in [1.82, 2.24) is 0 Å². The molecule has 0 aromatic carbocycles. The summed E-state index contributed by atoms with van der Waals surface area (Å²) in [6.45, 7) is 6.70. The molecule has 60 valence electrons. The summed E-state index contributed by atoms with van der Waals surface area (Å²) in [6, 6.07) is 0. The molecule has 0 bridgehead atoms. The van der Waals surface area contributed by atoms with Gasteiger partial charge in [-0.05, 0) is 32.1 Å². The molecule has 0 N–H and O–H groups in total. The van der Waals surface area contributed by atoms with E-state index in [2.05, 4.69) is 20.8 Å². The first-order chi connectivity index (χ1) is 4.72. The van der Waals surface area contributed by atoms with Gasteiger partial charge in [0.2, 0.25) is 0 Å². The van der Waals surface area contributed by atoms with E-state index in [4.69, 9.17) is 4.74 Å². The van der Waals surface area contributed by atoms with Crippen LogP contribution in [0.4, 0.5) is 0 Å². The van der Waals surface area contributed by atoms with E-state index in [1.165, 1.54) is 19.3 Å². The lowest BCUT2D eigenvalue weighted by Gasteiger charge is -2.31. The monoisotopic (exact) mass is 142 g/mol. The Morgan fingerprint density at radius 2 is 2.00 bits per heavy atom. The fourth-order valence-corrected chi connectivity index (χ4v) is 1.81. The van der Waals surface area contributed by atoms with Crippen molar-refractivity contribution in [1.29, 1.82) is 0 Å². The van der Waals surface area contributed by atoms with Gasteiger partial charge in [0.1, 0.15) is 0 Å². The van der Waals surface area contributed by atoms with E-state index in [0.717, 1.165) is 5.92 Å². The van der Waals surface area contributed by atoms with E-state index in [9.17, 15) is 0 Å². The lowest BCUT2D eigenvalue weighted by molar-refractivity contribution is -0.0594. The molecule has 1 heterocycles. The fraction of sp³-hybridized carbons (Fsp3) is 1.00. The Morgan fingerprint density at radius 1 is 1.30 bits per heavy atom. The van der Waals surface area contributed by atoms with Crippen molar-refractivity contribution < 1.29 is 4.74 Å². The lowest BCUT2D eigenvalue weighted by Crippen LogP contribution is -2.29. The van der Waals surface area contributed by atoms with E-state index in [0.29, 0.717) is 12.2 Å². The van der Waals surface area contributed by atoms with Crippen molar-refractivity contribution in [2.75, 3.05) is 0 Å². The largest absolute Gasteiger partial charge is 0.375 e. The van der Waals surface area contributed by atoms with Gasteiger partial charge in [-0.3, -0.25) is 0 Å². The zero-order valence-corrected chi connectivity index (χ0v) is 7.26. The summed E-state index contributed by atoms with van der Waals surface area (Å²) in [5, 5.41) is 0. The van der Waals surface area contributed by atoms with Gasteiger partial charge in [0.15, 0.2) is 0 Å². The molecule has 1 aliphatic rings. The molecule has 10 heavy (non-hydrogen) atoms. The molecule has 1 saturated heterocycles. The normalized spacial score (nSPS) is 41.7. The SMILES string of the molecule is CC[C@H]1CC(C)C[C@@H](C)O1. The van der Waals surface area contributed by atoms with E-state index in [-0.39, 0.29) is 0 Å². The van der Waals surface area contributed by atoms with E-state index in [1.807, 2.05) is 0 Å². The predicted octanol–water partition coefficient (Wildman–Crippen LogP) is 2.60. The third kappa shape index (κ3) is 1.98. The second kappa shape index (κ2) is 3.38.